The fourth-order valence-corrected chi connectivity index (χ4v) is 1.58. The van der Waals surface area contributed by atoms with E-state index in [0.29, 0.717) is 18.9 Å². The molecule has 0 spiro atoms. The molecule has 0 fully saturated rings. The van der Waals surface area contributed by atoms with Crippen molar-refractivity contribution in [1.29, 1.82) is 5.26 Å². The van der Waals surface area contributed by atoms with Crippen LogP contribution in [-0.2, 0) is 16.0 Å². The first kappa shape index (κ1) is 15.6. The zero-order chi connectivity index (χ0) is 13.8. The molecule has 0 aliphatic rings. The van der Waals surface area contributed by atoms with Crippen LogP contribution in [0.25, 0.3) is 0 Å². The summed E-state index contributed by atoms with van der Waals surface area (Å²) in [5.74, 6) is 0. The van der Waals surface area contributed by atoms with E-state index in [1.807, 2.05) is 12.1 Å². The Kier molecular flexibility index (Phi) is 8.56. The van der Waals surface area contributed by atoms with Crippen LogP contribution in [0.2, 0.25) is 0 Å². The topological polar surface area (TPSA) is 67.2 Å². The maximum absolute atomic E-state index is 8.74. The quantitative estimate of drug-likeness (QED) is 0.648. The predicted molar refractivity (Wildman–Crippen MR) is 72.6 cm³/mol. The maximum Gasteiger partial charge on any atom is 0.140 e. The molecule has 0 atom stereocenters. The third-order valence-electron chi connectivity index (χ3n) is 2.59. The number of nitrogens with one attached hydrogen (secondary N) is 1. The Bertz CT molecular complexity index is 391. The molecule has 5 heteroatoms. The highest BCUT2D eigenvalue weighted by Crippen LogP contribution is 2.00. The van der Waals surface area contributed by atoms with Gasteiger partial charge in [0.15, 0.2) is 0 Å². The van der Waals surface area contributed by atoms with E-state index in [9.17, 15) is 0 Å². The summed E-state index contributed by atoms with van der Waals surface area (Å²) in [6.07, 6.45) is 3.78. The van der Waals surface area contributed by atoms with E-state index in [1.165, 1.54) is 0 Å². The lowest BCUT2D eigenvalue weighted by Gasteiger charge is -2.06. The number of nitriles is 1. The second-order valence-electron chi connectivity index (χ2n) is 4.15. The van der Waals surface area contributed by atoms with Gasteiger partial charge in [-0.25, -0.2) is 4.98 Å². The molecule has 1 rings (SSSR count). The highest BCUT2D eigenvalue weighted by atomic mass is 16.5. The Balaban J connectivity index is 2.00. The molecular weight excluding hydrogens is 242 g/mol. The van der Waals surface area contributed by atoms with E-state index in [4.69, 9.17) is 14.7 Å². The van der Waals surface area contributed by atoms with Gasteiger partial charge in [0.25, 0.3) is 0 Å². The summed E-state index contributed by atoms with van der Waals surface area (Å²) in [6, 6.07) is 5.76. The average Bonchev–Trinajstić information content (AvgIpc) is 2.46. The SMILES string of the molecule is COCCOCCCCNCc1ccnc(C#N)c1. The van der Waals surface area contributed by atoms with Gasteiger partial charge in [0.1, 0.15) is 11.8 Å². The van der Waals surface area contributed by atoms with Crippen molar-refractivity contribution < 1.29 is 9.47 Å². The summed E-state index contributed by atoms with van der Waals surface area (Å²) < 4.78 is 10.3. The largest absolute Gasteiger partial charge is 0.382 e. The van der Waals surface area contributed by atoms with Gasteiger partial charge < -0.3 is 14.8 Å². The maximum atomic E-state index is 8.74. The first-order valence-corrected chi connectivity index (χ1v) is 6.49. The zero-order valence-electron chi connectivity index (χ0n) is 11.4. The van der Waals surface area contributed by atoms with Crippen molar-refractivity contribution in [2.45, 2.75) is 19.4 Å². The monoisotopic (exact) mass is 263 g/mol. The van der Waals surface area contributed by atoms with Gasteiger partial charge in [-0.15, -0.1) is 0 Å². The summed E-state index contributed by atoms with van der Waals surface area (Å²) >= 11 is 0. The number of hydrogen-bond acceptors (Lipinski definition) is 5. The van der Waals surface area contributed by atoms with E-state index >= 15 is 0 Å². The molecule has 1 aromatic rings. The summed E-state index contributed by atoms with van der Waals surface area (Å²) in [6.45, 7) is 3.80. The minimum atomic E-state index is 0.464. The average molecular weight is 263 g/mol. The number of aromatic nitrogens is 1. The summed E-state index contributed by atoms with van der Waals surface area (Å²) in [7, 11) is 1.67. The molecule has 0 bridgehead atoms. The number of methoxy groups -OCH3 is 1. The first-order chi connectivity index (χ1) is 9.36. The van der Waals surface area contributed by atoms with Crippen LogP contribution in [0.15, 0.2) is 18.3 Å². The van der Waals surface area contributed by atoms with Gasteiger partial charge in [0.05, 0.1) is 13.2 Å². The van der Waals surface area contributed by atoms with Crippen LogP contribution in [0.3, 0.4) is 0 Å². The smallest absolute Gasteiger partial charge is 0.140 e. The lowest BCUT2D eigenvalue weighted by molar-refractivity contribution is 0.0688. The van der Waals surface area contributed by atoms with Crippen molar-refractivity contribution in [2.24, 2.45) is 0 Å². The molecule has 0 saturated heterocycles. The van der Waals surface area contributed by atoms with E-state index in [0.717, 1.165) is 38.1 Å². The van der Waals surface area contributed by atoms with Crippen LogP contribution in [0.5, 0.6) is 0 Å². The summed E-state index contributed by atoms with van der Waals surface area (Å²) in [4.78, 5) is 3.94. The minimum Gasteiger partial charge on any atom is -0.382 e. The van der Waals surface area contributed by atoms with Crippen molar-refractivity contribution in [2.75, 3.05) is 33.5 Å². The fraction of sp³-hybridized carbons (Fsp3) is 0.571. The highest BCUT2D eigenvalue weighted by Gasteiger charge is 1.96. The molecule has 1 N–H and O–H groups in total. The van der Waals surface area contributed by atoms with E-state index < -0.39 is 0 Å². The van der Waals surface area contributed by atoms with Crippen LogP contribution >= 0.6 is 0 Å². The predicted octanol–water partition coefficient (Wildman–Crippen LogP) is 1.49. The van der Waals surface area contributed by atoms with Crippen molar-refractivity contribution >= 4 is 0 Å². The first-order valence-electron chi connectivity index (χ1n) is 6.49. The third kappa shape index (κ3) is 7.52. The van der Waals surface area contributed by atoms with E-state index in [-0.39, 0.29) is 0 Å². The Hall–Kier alpha value is -1.48. The Morgan fingerprint density at radius 1 is 1.32 bits per heavy atom. The highest BCUT2D eigenvalue weighted by molar-refractivity contribution is 5.25. The summed E-state index contributed by atoms with van der Waals surface area (Å²) in [5, 5.41) is 12.1. The van der Waals surface area contributed by atoms with E-state index in [2.05, 4.69) is 10.3 Å². The van der Waals surface area contributed by atoms with Crippen LogP contribution in [0.1, 0.15) is 24.1 Å². The molecule has 104 valence electrons. The van der Waals surface area contributed by atoms with Gasteiger partial charge >= 0.3 is 0 Å². The summed E-state index contributed by atoms with van der Waals surface area (Å²) in [5.41, 5.74) is 1.55. The molecule has 0 aromatic carbocycles. The van der Waals surface area contributed by atoms with Crippen molar-refractivity contribution in [3.8, 4) is 6.07 Å². The number of unbranched alkanes of at least 4 members (excludes halogenated alkanes) is 1. The molecule has 0 radical (unpaired) electrons. The molecule has 19 heavy (non-hydrogen) atoms. The standard InChI is InChI=1S/C14H21N3O2/c1-18-8-9-19-7-3-2-5-16-12-13-4-6-17-14(10-13)11-15/h4,6,10,16H,2-3,5,7-9,12H2,1H3. The van der Waals surface area contributed by atoms with Crippen LogP contribution in [0.4, 0.5) is 0 Å². The molecule has 1 heterocycles. The van der Waals surface area contributed by atoms with Gasteiger partial charge in [-0.05, 0) is 37.1 Å². The third-order valence-corrected chi connectivity index (χ3v) is 2.59. The van der Waals surface area contributed by atoms with Crippen molar-refractivity contribution in [3.63, 3.8) is 0 Å². The van der Waals surface area contributed by atoms with E-state index in [1.54, 1.807) is 19.4 Å². The second-order valence-corrected chi connectivity index (χ2v) is 4.15. The molecule has 0 saturated carbocycles. The number of pyridine rings is 1. The molecule has 0 unspecified atom stereocenters. The molecule has 1 aromatic heterocycles. The molecule has 0 aliphatic heterocycles. The Morgan fingerprint density at radius 3 is 3.00 bits per heavy atom. The van der Waals surface area contributed by atoms with Crippen LogP contribution in [-0.4, -0.2) is 38.5 Å². The Morgan fingerprint density at radius 2 is 2.21 bits per heavy atom. The second kappa shape index (κ2) is 10.4. The van der Waals surface area contributed by atoms with Gasteiger partial charge in [-0.3, -0.25) is 0 Å². The van der Waals surface area contributed by atoms with Gasteiger partial charge in [0, 0.05) is 26.5 Å². The van der Waals surface area contributed by atoms with Crippen LogP contribution < -0.4 is 5.32 Å². The van der Waals surface area contributed by atoms with Gasteiger partial charge in [-0.2, -0.15) is 5.26 Å². The fourth-order valence-electron chi connectivity index (χ4n) is 1.58. The Labute approximate surface area is 114 Å². The number of nitrogens with zero attached hydrogens (tertiary/aromatic N) is 2. The number of hydrogen-bond donors (Lipinski definition) is 1. The molecule has 5 nitrogen and oxygen atoms in total. The lowest BCUT2D eigenvalue weighted by atomic mass is 10.2. The van der Waals surface area contributed by atoms with Crippen LogP contribution in [0, 0.1) is 11.3 Å². The minimum absolute atomic E-state index is 0.464. The zero-order valence-corrected chi connectivity index (χ0v) is 11.4. The normalized spacial score (nSPS) is 10.3. The van der Waals surface area contributed by atoms with Gasteiger partial charge in [0.2, 0.25) is 0 Å². The number of ether oxygens (including phenoxy) is 2. The lowest BCUT2D eigenvalue weighted by Crippen LogP contribution is -2.15. The van der Waals surface area contributed by atoms with Gasteiger partial charge in [-0.1, -0.05) is 0 Å². The molecular formula is C14H21N3O2. The molecule has 0 amide bonds. The molecule has 0 aliphatic carbocycles. The van der Waals surface area contributed by atoms with Crippen molar-refractivity contribution in [3.05, 3.63) is 29.6 Å². The number of rotatable bonds is 10. The van der Waals surface area contributed by atoms with Crippen molar-refractivity contribution in [1.82, 2.24) is 10.3 Å².